The molecule has 0 saturated carbocycles. The number of piperidine rings is 1. The smallest absolute Gasteiger partial charge is 0.312 e. The van der Waals surface area contributed by atoms with Crippen molar-refractivity contribution in [3.05, 3.63) is 89.8 Å². The minimum atomic E-state index is -0.423. The number of anilines is 4. The highest BCUT2D eigenvalue weighted by Gasteiger charge is 2.21. The van der Waals surface area contributed by atoms with Gasteiger partial charge in [-0.05, 0) is 67.8 Å². The number of nitrogens with one attached hydrogen (secondary N) is 2. The first-order chi connectivity index (χ1) is 16.0. The zero-order valence-corrected chi connectivity index (χ0v) is 18.4. The summed E-state index contributed by atoms with van der Waals surface area (Å²) in [6.45, 7) is 9.94. The Morgan fingerprint density at radius 1 is 1.00 bits per heavy atom. The molecule has 0 atom stereocenters. The van der Waals surface area contributed by atoms with Crippen LogP contribution in [0, 0.1) is 13.5 Å². The van der Waals surface area contributed by atoms with Gasteiger partial charge in [0.2, 0.25) is 5.91 Å². The molecule has 0 aromatic heterocycles. The summed E-state index contributed by atoms with van der Waals surface area (Å²) >= 11 is 0. The van der Waals surface area contributed by atoms with E-state index in [4.69, 9.17) is 6.57 Å². The maximum atomic E-state index is 12.9. The molecule has 3 aromatic carbocycles. The first-order valence-corrected chi connectivity index (χ1v) is 10.9. The van der Waals surface area contributed by atoms with Crippen molar-refractivity contribution in [2.24, 2.45) is 0 Å². The van der Waals surface area contributed by atoms with Gasteiger partial charge in [0.1, 0.15) is 0 Å². The Labute approximate surface area is 193 Å². The quantitative estimate of drug-likeness (QED) is 0.382. The highest BCUT2D eigenvalue weighted by Crippen LogP contribution is 2.28. The monoisotopic (exact) mass is 439 g/mol. The molecule has 4 rings (SSSR count). The molecule has 1 heterocycles. The van der Waals surface area contributed by atoms with Crippen LogP contribution in [0.3, 0.4) is 0 Å². The highest BCUT2D eigenvalue weighted by molar-refractivity contribution is 5.96. The van der Waals surface area contributed by atoms with E-state index in [0.717, 1.165) is 36.3 Å². The number of amides is 3. The first kappa shape index (κ1) is 21.9. The lowest BCUT2D eigenvalue weighted by molar-refractivity contribution is -0.119. The lowest BCUT2D eigenvalue weighted by Gasteiger charge is -2.28. The van der Waals surface area contributed by atoms with Gasteiger partial charge in [0.25, 0.3) is 0 Å². The van der Waals surface area contributed by atoms with Gasteiger partial charge in [-0.3, -0.25) is 9.80 Å². The standard InChI is InChI=1S/C26H25N5O2/c1-19-17-21(14-15-24(19)30-16-7-6-13-25(30)32)28-26(33)29-31(22-10-4-3-5-11-22)23-12-8-9-20(18-23)27-2/h3-5,8-12,14-15,17-18H,6-7,13,16H2,1H3,(H2,28,29,33). The van der Waals surface area contributed by atoms with Gasteiger partial charge in [0.15, 0.2) is 5.69 Å². The van der Waals surface area contributed by atoms with E-state index < -0.39 is 6.03 Å². The third kappa shape index (κ3) is 5.13. The summed E-state index contributed by atoms with van der Waals surface area (Å²) in [6.07, 6.45) is 2.51. The summed E-state index contributed by atoms with van der Waals surface area (Å²) in [5.74, 6) is 0.142. The maximum absolute atomic E-state index is 12.9. The zero-order chi connectivity index (χ0) is 23.2. The predicted octanol–water partition coefficient (Wildman–Crippen LogP) is 5.94. The number of hydrogen-bond donors (Lipinski definition) is 2. The minimum absolute atomic E-state index is 0.142. The number of benzene rings is 3. The normalized spacial score (nSPS) is 13.2. The van der Waals surface area contributed by atoms with Gasteiger partial charge in [0, 0.05) is 24.3 Å². The lowest BCUT2D eigenvalue weighted by Crippen LogP contribution is -2.41. The number of rotatable bonds is 5. The topological polar surface area (TPSA) is 69.0 Å². The molecule has 1 aliphatic heterocycles. The fourth-order valence-corrected chi connectivity index (χ4v) is 3.91. The van der Waals surface area contributed by atoms with Crippen molar-refractivity contribution in [2.75, 3.05) is 21.8 Å². The Kier molecular flexibility index (Phi) is 6.56. The van der Waals surface area contributed by atoms with Crippen molar-refractivity contribution < 1.29 is 9.59 Å². The molecule has 1 saturated heterocycles. The third-order valence-electron chi connectivity index (χ3n) is 5.51. The molecule has 0 spiro atoms. The minimum Gasteiger partial charge on any atom is -0.312 e. The molecule has 7 nitrogen and oxygen atoms in total. The average Bonchev–Trinajstić information content (AvgIpc) is 2.84. The van der Waals surface area contributed by atoms with Gasteiger partial charge in [-0.2, -0.15) is 0 Å². The number of carbonyl (C=O) groups excluding carboxylic acids is 2. The van der Waals surface area contributed by atoms with Crippen molar-refractivity contribution in [3.63, 3.8) is 0 Å². The van der Waals surface area contributed by atoms with E-state index in [0.29, 0.717) is 23.5 Å². The summed E-state index contributed by atoms with van der Waals surface area (Å²) in [5.41, 5.74) is 7.20. The van der Waals surface area contributed by atoms with E-state index in [1.807, 2.05) is 60.4 Å². The molecule has 0 aliphatic carbocycles. The first-order valence-electron chi connectivity index (χ1n) is 10.9. The molecule has 1 aliphatic rings. The van der Waals surface area contributed by atoms with E-state index in [1.54, 1.807) is 29.3 Å². The molecular formula is C26H25N5O2. The van der Waals surface area contributed by atoms with Crippen LogP contribution in [0.2, 0.25) is 0 Å². The Bertz CT molecular complexity index is 1200. The molecule has 33 heavy (non-hydrogen) atoms. The van der Waals surface area contributed by atoms with Crippen LogP contribution in [-0.4, -0.2) is 18.5 Å². The highest BCUT2D eigenvalue weighted by atomic mass is 16.2. The number of carbonyl (C=O) groups is 2. The Morgan fingerprint density at radius 2 is 1.79 bits per heavy atom. The number of hydrazine groups is 1. The van der Waals surface area contributed by atoms with Crippen LogP contribution in [0.1, 0.15) is 24.8 Å². The second kappa shape index (κ2) is 9.88. The summed E-state index contributed by atoms with van der Waals surface area (Å²) in [4.78, 5) is 30.5. The van der Waals surface area contributed by atoms with E-state index in [1.165, 1.54) is 0 Å². The number of urea groups is 1. The van der Waals surface area contributed by atoms with E-state index in [-0.39, 0.29) is 5.91 Å². The van der Waals surface area contributed by atoms with Crippen LogP contribution >= 0.6 is 0 Å². The van der Waals surface area contributed by atoms with Gasteiger partial charge in [-0.15, -0.1) is 0 Å². The lowest BCUT2D eigenvalue weighted by atomic mass is 10.1. The van der Waals surface area contributed by atoms with Crippen LogP contribution in [0.15, 0.2) is 72.8 Å². The summed E-state index contributed by atoms with van der Waals surface area (Å²) in [5, 5.41) is 4.50. The SMILES string of the molecule is [C-]#[N+]c1cccc(N(NC(=O)Nc2ccc(N3CCCCC3=O)c(C)c2)c2ccccc2)c1. The van der Waals surface area contributed by atoms with Gasteiger partial charge in [-0.1, -0.05) is 30.3 Å². The fourth-order valence-electron chi connectivity index (χ4n) is 3.91. The molecule has 0 bridgehead atoms. The zero-order valence-electron chi connectivity index (χ0n) is 18.4. The van der Waals surface area contributed by atoms with Crippen LogP contribution in [0.5, 0.6) is 0 Å². The molecule has 2 N–H and O–H groups in total. The summed E-state index contributed by atoms with van der Waals surface area (Å²) in [7, 11) is 0. The van der Waals surface area contributed by atoms with Crippen LogP contribution in [-0.2, 0) is 4.79 Å². The van der Waals surface area contributed by atoms with E-state index in [2.05, 4.69) is 15.6 Å². The maximum Gasteiger partial charge on any atom is 0.338 e. The average molecular weight is 440 g/mol. The van der Waals surface area contributed by atoms with Crippen molar-refractivity contribution in [2.45, 2.75) is 26.2 Å². The molecule has 3 amide bonds. The number of para-hydroxylation sites is 1. The summed E-state index contributed by atoms with van der Waals surface area (Å²) in [6, 6.07) is 21.6. The van der Waals surface area contributed by atoms with Crippen molar-refractivity contribution >= 4 is 40.4 Å². The van der Waals surface area contributed by atoms with E-state index >= 15 is 0 Å². The van der Waals surface area contributed by atoms with Gasteiger partial charge in [0.05, 0.1) is 17.9 Å². The van der Waals surface area contributed by atoms with Gasteiger partial charge in [-0.25, -0.2) is 15.1 Å². The second-order valence-corrected chi connectivity index (χ2v) is 7.87. The molecular weight excluding hydrogens is 414 g/mol. The van der Waals surface area contributed by atoms with Crippen LogP contribution < -0.4 is 20.7 Å². The Balaban J connectivity index is 1.52. The van der Waals surface area contributed by atoms with Crippen molar-refractivity contribution in [1.82, 2.24) is 5.43 Å². The van der Waals surface area contributed by atoms with E-state index in [9.17, 15) is 9.59 Å². The Morgan fingerprint density at radius 3 is 2.52 bits per heavy atom. The molecule has 0 radical (unpaired) electrons. The Hall–Kier alpha value is -4.31. The summed E-state index contributed by atoms with van der Waals surface area (Å²) < 4.78 is 0. The van der Waals surface area contributed by atoms with Crippen molar-refractivity contribution in [3.8, 4) is 0 Å². The fraction of sp³-hybridized carbons (Fsp3) is 0.192. The number of aryl methyl sites for hydroxylation is 1. The predicted molar refractivity (Wildman–Crippen MR) is 131 cm³/mol. The number of nitrogens with zero attached hydrogens (tertiary/aromatic N) is 3. The molecule has 0 unspecified atom stereocenters. The molecule has 7 heteroatoms. The van der Waals surface area contributed by atoms with Gasteiger partial charge >= 0.3 is 6.03 Å². The van der Waals surface area contributed by atoms with Crippen molar-refractivity contribution in [1.29, 1.82) is 0 Å². The molecule has 166 valence electrons. The number of hydrogen-bond acceptors (Lipinski definition) is 3. The van der Waals surface area contributed by atoms with Crippen LogP contribution in [0.25, 0.3) is 4.85 Å². The molecule has 3 aromatic rings. The third-order valence-corrected chi connectivity index (χ3v) is 5.51. The molecule has 1 fully saturated rings. The second-order valence-electron chi connectivity index (χ2n) is 7.87. The van der Waals surface area contributed by atoms with Gasteiger partial charge < -0.3 is 10.2 Å². The largest absolute Gasteiger partial charge is 0.338 e. The van der Waals surface area contributed by atoms with Crippen LogP contribution in [0.4, 0.5) is 33.2 Å².